The molecule has 9 heteroatoms. The Kier molecular flexibility index (Phi) is 16.3. The molecule has 34 heavy (non-hydrogen) atoms. The second-order valence-electron chi connectivity index (χ2n) is 8.28. The molecule has 2 aromatic rings. The number of rotatable bonds is 13. The van der Waals surface area contributed by atoms with Crippen molar-refractivity contribution in [1.82, 2.24) is 10.2 Å². The number of hydrogen-bond acceptors (Lipinski definition) is 6. The lowest BCUT2D eigenvalue weighted by atomic mass is 9.99. The summed E-state index contributed by atoms with van der Waals surface area (Å²) in [5.41, 5.74) is 7.61. The number of fused-ring (bicyclic) bond motifs is 1. The monoisotopic (exact) mass is 531 g/mol. The summed E-state index contributed by atoms with van der Waals surface area (Å²) in [7, 11) is 1.35. The third-order valence-corrected chi connectivity index (χ3v) is 6.56. The standard InChI is InChI=1S/C25H37N3O3S.2ClH/c1-5-18(2)22(26)16-28(15-20-11-8-10-19-9-6-7-12-21(19)20)17-24(29)27-23(13-14-32-4)25(30)31-3;;/h6-12,18,22-23H,5,13-17,26H2,1-4H3,(H,27,29);2*1H. The molecule has 2 rings (SSSR count). The van der Waals surface area contributed by atoms with Crippen molar-refractivity contribution in [3.8, 4) is 0 Å². The van der Waals surface area contributed by atoms with E-state index < -0.39 is 12.0 Å². The van der Waals surface area contributed by atoms with Crippen molar-refractivity contribution in [1.29, 1.82) is 0 Å². The van der Waals surface area contributed by atoms with Crippen LogP contribution in [-0.2, 0) is 20.9 Å². The molecule has 0 radical (unpaired) electrons. The van der Waals surface area contributed by atoms with Gasteiger partial charge in [0.15, 0.2) is 0 Å². The highest BCUT2D eigenvalue weighted by molar-refractivity contribution is 7.98. The molecule has 0 heterocycles. The summed E-state index contributed by atoms with van der Waals surface area (Å²) in [5, 5.41) is 5.20. The first-order valence-corrected chi connectivity index (χ1v) is 12.6. The van der Waals surface area contributed by atoms with Crippen molar-refractivity contribution < 1.29 is 14.3 Å². The van der Waals surface area contributed by atoms with Crippen LogP contribution in [0.1, 0.15) is 32.3 Å². The number of benzene rings is 2. The predicted molar refractivity (Wildman–Crippen MR) is 148 cm³/mol. The molecule has 0 saturated heterocycles. The topological polar surface area (TPSA) is 84.7 Å². The van der Waals surface area contributed by atoms with E-state index in [-0.39, 0.29) is 43.3 Å². The number of carbonyl (C=O) groups is 2. The first-order valence-electron chi connectivity index (χ1n) is 11.2. The minimum Gasteiger partial charge on any atom is -0.467 e. The summed E-state index contributed by atoms with van der Waals surface area (Å²) >= 11 is 1.63. The van der Waals surface area contributed by atoms with Crippen LogP contribution in [0.4, 0.5) is 0 Å². The maximum absolute atomic E-state index is 12.9. The van der Waals surface area contributed by atoms with Crippen molar-refractivity contribution in [2.75, 3.05) is 32.2 Å². The van der Waals surface area contributed by atoms with Gasteiger partial charge >= 0.3 is 5.97 Å². The van der Waals surface area contributed by atoms with E-state index in [2.05, 4.69) is 48.3 Å². The molecule has 0 aromatic heterocycles. The molecule has 3 atom stereocenters. The third kappa shape index (κ3) is 10.0. The average molecular weight is 533 g/mol. The molecule has 0 fully saturated rings. The van der Waals surface area contributed by atoms with E-state index in [1.165, 1.54) is 17.9 Å². The van der Waals surface area contributed by atoms with Crippen LogP contribution in [0.2, 0.25) is 0 Å². The number of esters is 1. The number of nitrogens with two attached hydrogens (primary N) is 1. The van der Waals surface area contributed by atoms with Crippen LogP contribution >= 0.6 is 36.6 Å². The molecular weight excluding hydrogens is 493 g/mol. The van der Waals surface area contributed by atoms with E-state index >= 15 is 0 Å². The minimum absolute atomic E-state index is 0. The lowest BCUT2D eigenvalue weighted by Gasteiger charge is -2.29. The fourth-order valence-electron chi connectivity index (χ4n) is 3.71. The number of halogens is 2. The summed E-state index contributed by atoms with van der Waals surface area (Å²) in [6.45, 7) is 5.63. The number of methoxy groups -OCH3 is 1. The number of ether oxygens (including phenoxy) is 1. The van der Waals surface area contributed by atoms with E-state index in [0.717, 1.165) is 17.7 Å². The van der Waals surface area contributed by atoms with Gasteiger partial charge in [-0.1, -0.05) is 62.7 Å². The SMILES string of the molecule is CCC(C)C(N)CN(CC(=O)NC(CCSC)C(=O)OC)Cc1cccc2ccccc12.Cl.Cl. The van der Waals surface area contributed by atoms with E-state index in [1.807, 2.05) is 24.5 Å². The number of hydrogen-bond donors (Lipinski definition) is 2. The largest absolute Gasteiger partial charge is 0.467 e. The van der Waals surface area contributed by atoms with Gasteiger partial charge in [0.2, 0.25) is 5.91 Å². The summed E-state index contributed by atoms with van der Waals surface area (Å²) in [6.07, 6.45) is 3.49. The Morgan fingerprint density at radius 1 is 1.15 bits per heavy atom. The average Bonchev–Trinajstić information content (AvgIpc) is 2.80. The molecule has 1 amide bonds. The highest BCUT2D eigenvalue weighted by Crippen LogP contribution is 2.20. The van der Waals surface area contributed by atoms with E-state index in [9.17, 15) is 9.59 Å². The molecule has 3 N–H and O–H groups in total. The van der Waals surface area contributed by atoms with Crippen LogP contribution in [0, 0.1) is 5.92 Å². The van der Waals surface area contributed by atoms with Crippen LogP contribution in [0.25, 0.3) is 10.8 Å². The van der Waals surface area contributed by atoms with Gasteiger partial charge in [0.05, 0.1) is 13.7 Å². The number of nitrogens with one attached hydrogen (secondary N) is 1. The Labute approximate surface area is 220 Å². The first-order chi connectivity index (χ1) is 15.4. The maximum Gasteiger partial charge on any atom is 0.328 e. The van der Waals surface area contributed by atoms with Crippen molar-refractivity contribution in [3.63, 3.8) is 0 Å². The zero-order valence-electron chi connectivity index (χ0n) is 20.5. The van der Waals surface area contributed by atoms with Crippen LogP contribution < -0.4 is 11.1 Å². The molecule has 0 saturated carbocycles. The summed E-state index contributed by atoms with van der Waals surface area (Å²) in [4.78, 5) is 27.1. The van der Waals surface area contributed by atoms with Crippen molar-refractivity contribution in [2.45, 2.75) is 45.3 Å². The Morgan fingerprint density at radius 2 is 1.82 bits per heavy atom. The van der Waals surface area contributed by atoms with Crippen molar-refractivity contribution in [3.05, 3.63) is 48.0 Å². The summed E-state index contributed by atoms with van der Waals surface area (Å²) in [5.74, 6) is 0.499. The molecule has 0 bridgehead atoms. The smallest absolute Gasteiger partial charge is 0.328 e. The fraction of sp³-hybridized carbons (Fsp3) is 0.520. The molecule has 2 aromatic carbocycles. The molecule has 0 spiro atoms. The first kappa shape index (κ1) is 32.5. The van der Waals surface area contributed by atoms with Gasteiger partial charge in [-0.15, -0.1) is 24.8 Å². The van der Waals surface area contributed by atoms with Gasteiger partial charge in [-0.2, -0.15) is 11.8 Å². The van der Waals surface area contributed by atoms with Crippen LogP contribution in [0.3, 0.4) is 0 Å². The number of carbonyl (C=O) groups excluding carboxylic acids is 2. The van der Waals surface area contributed by atoms with Gasteiger partial charge < -0.3 is 15.8 Å². The van der Waals surface area contributed by atoms with Gasteiger partial charge in [0, 0.05) is 19.1 Å². The van der Waals surface area contributed by atoms with E-state index in [0.29, 0.717) is 25.4 Å². The predicted octanol–water partition coefficient (Wildman–Crippen LogP) is 4.27. The normalized spacial score (nSPS) is 13.4. The lowest BCUT2D eigenvalue weighted by molar-refractivity contribution is -0.145. The summed E-state index contributed by atoms with van der Waals surface area (Å²) < 4.78 is 4.87. The Hall–Kier alpha value is -1.51. The van der Waals surface area contributed by atoms with Crippen molar-refractivity contribution in [2.24, 2.45) is 11.7 Å². The summed E-state index contributed by atoms with van der Waals surface area (Å²) in [6, 6.07) is 13.8. The van der Waals surface area contributed by atoms with Gasteiger partial charge in [0.25, 0.3) is 0 Å². The maximum atomic E-state index is 12.9. The van der Waals surface area contributed by atoms with Crippen LogP contribution in [0.5, 0.6) is 0 Å². The Bertz CT molecular complexity index is 882. The zero-order chi connectivity index (χ0) is 23.5. The van der Waals surface area contributed by atoms with Gasteiger partial charge in [0.1, 0.15) is 6.04 Å². The molecule has 3 unspecified atom stereocenters. The highest BCUT2D eigenvalue weighted by atomic mass is 35.5. The number of nitrogens with zero attached hydrogens (tertiary/aromatic N) is 1. The minimum atomic E-state index is -0.636. The molecular formula is C25H39Cl2N3O3S. The number of amides is 1. The second-order valence-corrected chi connectivity index (χ2v) is 9.27. The molecule has 0 aliphatic rings. The lowest BCUT2D eigenvalue weighted by Crippen LogP contribution is -2.49. The van der Waals surface area contributed by atoms with Gasteiger partial charge in [-0.3, -0.25) is 9.69 Å². The van der Waals surface area contributed by atoms with E-state index in [4.69, 9.17) is 10.5 Å². The van der Waals surface area contributed by atoms with Crippen LogP contribution in [0.15, 0.2) is 42.5 Å². The zero-order valence-corrected chi connectivity index (χ0v) is 22.9. The van der Waals surface area contributed by atoms with Crippen molar-refractivity contribution >= 4 is 59.2 Å². The van der Waals surface area contributed by atoms with E-state index in [1.54, 1.807) is 11.8 Å². The molecule has 0 aliphatic heterocycles. The van der Waals surface area contributed by atoms with Gasteiger partial charge in [-0.05, 0) is 40.7 Å². The second kappa shape index (κ2) is 17.0. The number of thioether (sulfide) groups is 1. The Morgan fingerprint density at radius 3 is 2.47 bits per heavy atom. The molecule has 192 valence electrons. The quantitative estimate of drug-likeness (QED) is 0.375. The Balaban J connectivity index is 0.00000544. The highest BCUT2D eigenvalue weighted by Gasteiger charge is 2.24. The third-order valence-electron chi connectivity index (χ3n) is 5.92. The fourth-order valence-corrected chi connectivity index (χ4v) is 4.18. The molecule has 6 nitrogen and oxygen atoms in total. The molecule has 0 aliphatic carbocycles. The van der Waals surface area contributed by atoms with Gasteiger partial charge in [-0.25, -0.2) is 4.79 Å². The van der Waals surface area contributed by atoms with Crippen LogP contribution in [-0.4, -0.2) is 61.1 Å².